The third kappa shape index (κ3) is 3.41. The highest BCUT2D eigenvalue weighted by Gasteiger charge is 2.27. The van der Waals surface area contributed by atoms with Crippen LogP contribution in [0.3, 0.4) is 0 Å². The van der Waals surface area contributed by atoms with E-state index in [0.717, 1.165) is 32.5 Å². The highest BCUT2D eigenvalue weighted by Crippen LogP contribution is 2.24. The summed E-state index contributed by atoms with van der Waals surface area (Å²) in [4.78, 5) is 14.6. The van der Waals surface area contributed by atoms with Crippen LogP contribution in [0.2, 0.25) is 10.0 Å². The summed E-state index contributed by atoms with van der Waals surface area (Å²) in [5.41, 5.74) is 0.534. The summed E-state index contributed by atoms with van der Waals surface area (Å²) in [6.07, 6.45) is 1.93. The molecule has 0 spiro atoms. The van der Waals surface area contributed by atoms with Gasteiger partial charge in [0.05, 0.1) is 10.6 Å². The number of nitrogens with one attached hydrogen (secondary N) is 1. The van der Waals surface area contributed by atoms with Crippen LogP contribution in [0.1, 0.15) is 30.1 Å². The van der Waals surface area contributed by atoms with Crippen LogP contribution in [0.4, 0.5) is 0 Å². The van der Waals surface area contributed by atoms with Crippen LogP contribution in [0, 0.1) is 0 Å². The summed E-state index contributed by atoms with van der Waals surface area (Å²) < 4.78 is 0. The van der Waals surface area contributed by atoms with Gasteiger partial charge in [-0.05, 0) is 37.6 Å². The number of rotatable bonds is 4. The van der Waals surface area contributed by atoms with Gasteiger partial charge in [-0.25, -0.2) is 0 Å². The number of hydrogen-bond acceptors (Lipinski definition) is 2. The molecule has 2 rings (SSSR count). The van der Waals surface area contributed by atoms with Crippen molar-refractivity contribution in [1.82, 2.24) is 10.2 Å². The van der Waals surface area contributed by atoms with Gasteiger partial charge in [0.15, 0.2) is 0 Å². The van der Waals surface area contributed by atoms with Gasteiger partial charge in [0.1, 0.15) is 0 Å². The van der Waals surface area contributed by atoms with Crippen molar-refractivity contribution in [1.29, 1.82) is 0 Å². The van der Waals surface area contributed by atoms with Gasteiger partial charge >= 0.3 is 0 Å². The normalized spacial score (nSPS) is 18.6. The first kappa shape index (κ1) is 14.6. The molecule has 1 aromatic rings. The predicted molar refractivity (Wildman–Crippen MR) is 79.1 cm³/mol. The molecule has 1 amide bonds. The SMILES string of the molecule is CCCN(C(=O)c1ccc(Cl)cc1Cl)C1CCNC1. The van der Waals surface area contributed by atoms with E-state index in [1.54, 1.807) is 18.2 Å². The van der Waals surface area contributed by atoms with Crippen molar-refractivity contribution in [2.45, 2.75) is 25.8 Å². The third-order valence-corrected chi connectivity index (χ3v) is 3.91. The molecule has 3 nitrogen and oxygen atoms in total. The first-order chi connectivity index (χ1) is 9.13. The van der Waals surface area contributed by atoms with Crippen LogP contribution in [0.25, 0.3) is 0 Å². The Bertz CT molecular complexity index is 459. The lowest BCUT2D eigenvalue weighted by Gasteiger charge is -2.28. The Kier molecular flexibility index (Phi) is 5.08. The molecule has 5 heteroatoms. The van der Waals surface area contributed by atoms with Crippen molar-refractivity contribution in [2.24, 2.45) is 0 Å². The highest BCUT2D eigenvalue weighted by molar-refractivity contribution is 6.36. The van der Waals surface area contributed by atoms with Crippen molar-refractivity contribution in [3.63, 3.8) is 0 Å². The molecule has 1 N–H and O–H groups in total. The Morgan fingerprint density at radius 3 is 2.84 bits per heavy atom. The molecule has 0 aliphatic carbocycles. The van der Waals surface area contributed by atoms with Crippen LogP contribution < -0.4 is 5.32 Å². The second-order valence-corrected chi connectivity index (χ2v) is 5.61. The summed E-state index contributed by atoms with van der Waals surface area (Å²) >= 11 is 12.0. The number of carbonyl (C=O) groups excluding carboxylic acids is 1. The first-order valence-corrected chi connectivity index (χ1v) is 7.35. The van der Waals surface area contributed by atoms with Crippen LogP contribution in [-0.4, -0.2) is 36.5 Å². The Hall–Kier alpha value is -0.770. The topological polar surface area (TPSA) is 32.3 Å². The molecule has 0 aromatic heterocycles. The Labute approximate surface area is 123 Å². The first-order valence-electron chi connectivity index (χ1n) is 6.60. The Morgan fingerprint density at radius 1 is 1.47 bits per heavy atom. The highest BCUT2D eigenvalue weighted by atomic mass is 35.5. The van der Waals surface area contributed by atoms with Gasteiger partial charge in [0.2, 0.25) is 0 Å². The van der Waals surface area contributed by atoms with E-state index in [1.165, 1.54) is 0 Å². The number of amides is 1. The molecular formula is C14H18Cl2N2O. The van der Waals surface area contributed by atoms with Crippen molar-refractivity contribution in [3.8, 4) is 0 Å². The minimum Gasteiger partial charge on any atom is -0.334 e. The van der Waals surface area contributed by atoms with E-state index in [9.17, 15) is 4.79 Å². The van der Waals surface area contributed by atoms with Gasteiger partial charge in [-0.1, -0.05) is 30.1 Å². The average molecular weight is 301 g/mol. The van der Waals surface area contributed by atoms with Gasteiger partial charge in [-0.2, -0.15) is 0 Å². The summed E-state index contributed by atoms with van der Waals surface area (Å²) in [5, 5.41) is 4.26. The van der Waals surface area contributed by atoms with Crippen LogP contribution in [0.15, 0.2) is 18.2 Å². The summed E-state index contributed by atoms with van der Waals surface area (Å²) in [6.45, 7) is 4.65. The van der Waals surface area contributed by atoms with Crippen LogP contribution >= 0.6 is 23.2 Å². The second kappa shape index (κ2) is 6.60. The monoisotopic (exact) mass is 300 g/mol. The van der Waals surface area contributed by atoms with Crippen molar-refractivity contribution in [3.05, 3.63) is 33.8 Å². The van der Waals surface area contributed by atoms with Crippen molar-refractivity contribution in [2.75, 3.05) is 19.6 Å². The number of benzene rings is 1. The molecule has 1 fully saturated rings. The third-order valence-electron chi connectivity index (χ3n) is 3.36. The Morgan fingerprint density at radius 2 is 2.26 bits per heavy atom. The lowest BCUT2D eigenvalue weighted by Crippen LogP contribution is -2.42. The molecule has 0 radical (unpaired) electrons. The Balaban J connectivity index is 2.22. The molecule has 1 unspecified atom stereocenters. The van der Waals surface area contributed by atoms with Gasteiger partial charge in [-0.15, -0.1) is 0 Å². The average Bonchev–Trinajstić information content (AvgIpc) is 2.89. The molecule has 19 heavy (non-hydrogen) atoms. The van der Waals surface area contributed by atoms with E-state index in [0.29, 0.717) is 15.6 Å². The molecule has 0 bridgehead atoms. The van der Waals surface area contributed by atoms with Gasteiger partial charge < -0.3 is 10.2 Å². The lowest BCUT2D eigenvalue weighted by molar-refractivity contribution is 0.0692. The molecule has 1 aliphatic rings. The zero-order chi connectivity index (χ0) is 13.8. The predicted octanol–water partition coefficient (Wildman–Crippen LogP) is 3.21. The quantitative estimate of drug-likeness (QED) is 0.926. The summed E-state index contributed by atoms with van der Waals surface area (Å²) in [5.74, 6) is -0.00258. The second-order valence-electron chi connectivity index (χ2n) is 4.77. The van der Waals surface area contributed by atoms with Crippen LogP contribution in [0.5, 0.6) is 0 Å². The molecule has 104 valence electrons. The van der Waals surface area contributed by atoms with Crippen molar-refractivity contribution >= 4 is 29.1 Å². The van der Waals surface area contributed by atoms with E-state index in [1.807, 2.05) is 4.90 Å². The fraction of sp³-hybridized carbons (Fsp3) is 0.500. The van der Waals surface area contributed by atoms with E-state index in [2.05, 4.69) is 12.2 Å². The molecule has 1 heterocycles. The fourth-order valence-electron chi connectivity index (χ4n) is 2.41. The molecule has 1 aliphatic heterocycles. The smallest absolute Gasteiger partial charge is 0.255 e. The molecule has 0 saturated carbocycles. The standard InChI is InChI=1S/C14H18Cl2N2O/c1-2-7-18(11-5-6-17-9-11)14(19)12-4-3-10(15)8-13(12)16/h3-4,8,11,17H,2,5-7,9H2,1H3. The minimum atomic E-state index is -0.00258. The number of nitrogens with zero attached hydrogens (tertiary/aromatic N) is 1. The number of halogens is 2. The summed E-state index contributed by atoms with van der Waals surface area (Å²) in [7, 11) is 0. The number of hydrogen-bond donors (Lipinski definition) is 1. The fourth-order valence-corrected chi connectivity index (χ4v) is 2.90. The molecular weight excluding hydrogens is 283 g/mol. The molecule has 1 aromatic carbocycles. The van der Waals surface area contributed by atoms with E-state index in [-0.39, 0.29) is 11.9 Å². The van der Waals surface area contributed by atoms with E-state index >= 15 is 0 Å². The largest absolute Gasteiger partial charge is 0.334 e. The zero-order valence-electron chi connectivity index (χ0n) is 11.0. The van der Waals surface area contributed by atoms with E-state index in [4.69, 9.17) is 23.2 Å². The molecule has 1 atom stereocenters. The van der Waals surface area contributed by atoms with E-state index < -0.39 is 0 Å². The maximum atomic E-state index is 12.6. The van der Waals surface area contributed by atoms with Gasteiger partial charge in [0, 0.05) is 24.2 Å². The maximum Gasteiger partial charge on any atom is 0.255 e. The van der Waals surface area contributed by atoms with Crippen LogP contribution in [-0.2, 0) is 0 Å². The molecule has 1 saturated heterocycles. The van der Waals surface area contributed by atoms with Gasteiger partial charge in [-0.3, -0.25) is 4.79 Å². The van der Waals surface area contributed by atoms with Crippen molar-refractivity contribution < 1.29 is 4.79 Å². The zero-order valence-corrected chi connectivity index (χ0v) is 12.5. The van der Waals surface area contributed by atoms with Gasteiger partial charge in [0.25, 0.3) is 5.91 Å². The summed E-state index contributed by atoms with van der Waals surface area (Å²) in [6, 6.07) is 5.29. The lowest BCUT2D eigenvalue weighted by atomic mass is 10.1. The maximum absolute atomic E-state index is 12.6. The number of carbonyl (C=O) groups is 1. The minimum absolute atomic E-state index is 0.00258.